The van der Waals surface area contributed by atoms with Crippen LogP contribution in [0.3, 0.4) is 0 Å². The Morgan fingerprint density at radius 3 is 2.58 bits per heavy atom. The minimum Gasteiger partial charge on any atom is -0.348 e. The molecule has 2 aromatic carbocycles. The highest BCUT2D eigenvalue weighted by Crippen LogP contribution is 2.24. The first-order valence-corrected chi connectivity index (χ1v) is 8.36. The summed E-state index contributed by atoms with van der Waals surface area (Å²) in [5.74, 6) is -0.697. The molecule has 0 aromatic heterocycles. The summed E-state index contributed by atoms with van der Waals surface area (Å²) < 4.78 is 13.8. The summed E-state index contributed by atoms with van der Waals surface area (Å²) in [7, 11) is 3.37. The zero-order chi connectivity index (χ0) is 17.7. The zero-order valence-electron chi connectivity index (χ0n) is 13.8. The smallest absolute Gasteiger partial charge is 0.256 e. The molecule has 2 rings (SSSR count). The number of nitrogens with one attached hydrogen (secondary N) is 1. The quantitative estimate of drug-likeness (QED) is 0.842. The molecule has 0 heterocycles. The number of amides is 2. The standard InChI is InChI=1S/C18H19FN2O2S/c1-12-8-9-14(19)15(10-12)20-18(23)13-6-4-5-7-16(13)24-11-17(22)21(2)3/h4-10H,11H2,1-3H3,(H,20,23). The van der Waals surface area contributed by atoms with Crippen molar-refractivity contribution < 1.29 is 14.0 Å². The molecule has 0 unspecified atom stereocenters. The maximum absolute atomic E-state index is 13.8. The van der Waals surface area contributed by atoms with E-state index >= 15 is 0 Å². The van der Waals surface area contributed by atoms with Crippen molar-refractivity contribution in [1.82, 2.24) is 4.90 Å². The van der Waals surface area contributed by atoms with Crippen molar-refractivity contribution in [1.29, 1.82) is 0 Å². The van der Waals surface area contributed by atoms with Crippen molar-refractivity contribution in [3.63, 3.8) is 0 Å². The number of hydrogen-bond acceptors (Lipinski definition) is 3. The zero-order valence-corrected chi connectivity index (χ0v) is 14.6. The normalized spacial score (nSPS) is 10.3. The first-order valence-electron chi connectivity index (χ1n) is 7.38. The monoisotopic (exact) mass is 346 g/mol. The van der Waals surface area contributed by atoms with Crippen molar-refractivity contribution in [2.75, 3.05) is 25.2 Å². The van der Waals surface area contributed by atoms with E-state index in [2.05, 4.69) is 5.32 Å². The van der Waals surface area contributed by atoms with Gasteiger partial charge in [-0.05, 0) is 36.8 Å². The molecule has 0 saturated carbocycles. The van der Waals surface area contributed by atoms with Crippen LogP contribution in [0.5, 0.6) is 0 Å². The highest BCUT2D eigenvalue weighted by atomic mass is 32.2. The molecule has 0 fully saturated rings. The Hall–Kier alpha value is -2.34. The van der Waals surface area contributed by atoms with Crippen LogP contribution < -0.4 is 5.32 Å². The number of carbonyl (C=O) groups excluding carboxylic acids is 2. The molecule has 0 radical (unpaired) electrons. The summed E-state index contributed by atoms with van der Waals surface area (Å²) >= 11 is 1.28. The van der Waals surface area contributed by atoms with E-state index in [1.807, 2.05) is 6.92 Å². The van der Waals surface area contributed by atoms with Crippen LogP contribution in [0.2, 0.25) is 0 Å². The maximum atomic E-state index is 13.8. The van der Waals surface area contributed by atoms with E-state index in [1.54, 1.807) is 50.5 Å². The summed E-state index contributed by atoms with van der Waals surface area (Å²) in [5, 5.41) is 2.60. The second-order valence-corrected chi connectivity index (χ2v) is 6.53. The molecule has 2 aromatic rings. The van der Waals surface area contributed by atoms with Crippen molar-refractivity contribution >= 4 is 29.3 Å². The van der Waals surface area contributed by atoms with Gasteiger partial charge in [-0.2, -0.15) is 0 Å². The number of thioether (sulfide) groups is 1. The van der Waals surface area contributed by atoms with Gasteiger partial charge >= 0.3 is 0 Å². The Morgan fingerprint density at radius 1 is 1.17 bits per heavy atom. The largest absolute Gasteiger partial charge is 0.348 e. The van der Waals surface area contributed by atoms with E-state index < -0.39 is 11.7 Å². The lowest BCUT2D eigenvalue weighted by molar-refractivity contribution is -0.125. The number of anilines is 1. The number of halogens is 1. The molecule has 1 N–H and O–H groups in total. The Kier molecular flexibility index (Phi) is 5.98. The first kappa shape index (κ1) is 18.0. The Balaban J connectivity index is 2.17. The maximum Gasteiger partial charge on any atom is 0.256 e. The number of rotatable bonds is 5. The molecule has 4 nitrogen and oxygen atoms in total. The molecule has 6 heteroatoms. The SMILES string of the molecule is Cc1ccc(F)c(NC(=O)c2ccccc2SCC(=O)N(C)C)c1. The summed E-state index contributed by atoms with van der Waals surface area (Å²) in [6, 6.07) is 11.5. The van der Waals surface area contributed by atoms with Crippen LogP contribution >= 0.6 is 11.8 Å². The summed E-state index contributed by atoms with van der Waals surface area (Å²) in [5.41, 5.74) is 1.41. The number of nitrogens with zero attached hydrogens (tertiary/aromatic N) is 1. The van der Waals surface area contributed by atoms with Gasteiger partial charge in [0.2, 0.25) is 5.91 Å². The molecule has 0 spiro atoms. The van der Waals surface area contributed by atoms with Crippen LogP contribution in [-0.4, -0.2) is 36.6 Å². The molecule has 0 bridgehead atoms. The lowest BCUT2D eigenvalue weighted by Crippen LogP contribution is -2.23. The van der Waals surface area contributed by atoms with Crippen molar-refractivity contribution in [2.24, 2.45) is 0 Å². The number of aryl methyl sites for hydroxylation is 1. The summed E-state index contributed by atoms with van der Waals surface area (Å²) in [6.45, 7) is 1.83. The van der Waals surface area contributed by atoms with Gasteiger partial charge in [0.05, 0.1) is 17.0 Å². The predicted octanol–water partition coefficient (Wildman–Crippen LogP) is 3.57. The second kappa shape index (κ2) is 7.97. The Bertz CT molecular complexity index is 762. The molecule has 2 amide bonds. The van der Waals surface area contributed by atoms with E-state index in [0.717, 1.165) is 5.56 Å². The Morgan fingerprint density at radius 2 is 1.88 bits per heavy atom. The molecule has 24 heavy (non-hydrogen) atoms. The van der Waals surface area contributed by atoms with Gasteiger partial charge in [0.25, 0.3) is 5.91 Å². The van der Waals surface area contributed by atoms with E-state index in [0.29, 0.717) is 10.5 Å². The van der Waals surface area contributed by atoms with E-state index in [-0.39, 0.29) is 17.3 Å². The fourth-order valence-corrected chi connectivity index (χ4v) is 3.00. The molecule has 0 atom stereocenters. The molecule has 0 aliphatic carbocycles. The summed E-state index contributed by atoms with van der Waals surface area (Å²) in [6.07, 6.45) is 0. The van der Waals surface area contributed by atoms with Gasteiger partial charge in [-0.15, -0.1) is 11.8 Å². The van der Waals surface area contributed by atoms with Crippen molar-refractivity contribution in [2.45, 2.75) is 11.8 Å². The fourth-order valence-electron chi connectivity index (χ4n) is 1.97. The van der Waals surface area contributed by atoms with Crippen LogP contribution in [0.15, 0.2) is 47.4 Å². The summed E-state index contributed by atoms with van der Waals surface area (Å²) in [4.78, 5) is 26.4. The predicted molar refractivity (Wildman–Crippen MR) is 95.0 cm³/mol. The van der Waals surface area contributed by atoms with E-state index in [4.69, 9.17) is 0 Å². The minimum atomic E-state index is -0.484. The van der Waals surface area contributed by atoms with Gasteiger partial charge in [-0.1, -0.05) is 18.2 Å². The molecule has 126 valence electrons. The third-order valence-electron chi connectivity index (χ3n) is 3.35. The fraction of sp³-hybridized carbons (Fsp3) is 0.222. The second-order valence-electron chi connectivity index (χ2n) is 5.51. The lowest BCUT2D eigenvalue weighted by Gasteiger charge is -2.12. The van der Waals surface area contributed by atoms with Gasteiger partial charge < -0.3 is 10.2 Å². The van der Waals surface area contributed by atoms with Crippen LogP contribution in [0.1, 0.15) is 15.9 Å². The van der Waals surface area contributed by atoms with Gasteiger partial charge in [-0.3, -0.25) is 9.59 Å². The van der Waals surface area contributed by atoms with Gasteiger partial charge in [0.1, 0.15) is 5.82 Å². The molecular formula is C18H19FN2O2S. The van der Waals surface area contributed by atoms with Gasteiger partial charge in [-0.25, -0.2) is 4.39 Å². The molecular weight excluding hydrogens is 327 g/mol. The van der Waals surface area contributed by atoms with Crippen LogP contribution in [0.4, 0.5) is 10.1 Å². The minimum absolute atomic E-state index is 0.0417. The molecule has 0 saturated heterocycles. The number of carbonyl (C=O) groups is 2. The first-order chi connectivity index (χ1) is 11.4. The Labute approximate surface area is 145 Å². The van der Waals surface area contributed by atoms with Gasteiger partial charge in [0, 0.05) is 19.0 Å². The van der Waals surface area contributed by atoms with Crippen LogP contribution in [-0.2, 0) is 4.79 Å². The topological polar surface area (TPSA) is 49.4 Å². The number of hydrogen-bond donors (Lipinski definition) is 1. The third-order valence-corrected chi connectivity index (χ3v) is 4.41. The van der Waals surface area contributed by atoms with E-state index in [1.165, 1.54) is 22.7 Å². The van der Waals surface area contributed by atoms with Crippen molar-refractivity contribution in [3.8, 4) is 0 Å². The average molecular weight is 346 g/mol. The lowest BCUT2D eigenvalue weighted by atomic mass is 10.2. The van der Waals surface area contributed by atoms with Gasteiger partial charge in [0.15, 0.2) is 0 Å². The number of benzene rings is 2. The van der Waals surface area contributed by atoms with Crippen molar-refractivity contribution in [3.05, 3.63) is 59.4 Å². The average Bonchev–Trinajstić information content (AvgIpc) is 2.56. The molecule has 0 aliphatic heterocycles. The van der Waals surface area contributed by atoms with E-state index in [9.17, 15) is 14.0 Å². The molecule has 0 aliphatic rings. The highest BCUT2D eigenvalue weighted by molar-refractivity contribution is 8.00. The highest BCUT2D eigenvalue weighted by Gasteiger charge is 2.15. The third kappa shape index (κ3) is 4.58. The van der Waals surface area contributed by atoms with Crippen LogP contribution in [0.25, 0.3) is 0 Å². The van der Waals surface area contributed by atoms with Crippen LogP contribution in [0, 0.1) is 12.7 Å².